The van der Waals surface area contributed by atoms with Gasteiger partial charge < -0.3 is 0 Å². The van der Waals surface area contributed by atoms with Crippen molar-refractivity contribution in [1.82, 2.24) is 0 Å². The topological polar surface area (TPSA) is 75.6 Å². The number of anilines is 1. The van der Waals surface area contributed by atoms with Crippen molar-refractivity contribution in [3.63, 3.8) is 0 Å². The Balaban J connectivity index is 1.73. The maximum atomic E-state index is 13.3. The maximum Gasteiger partial charge on any atom is 0.279 e. The molecule has 0 aliphatic rings. The van der Waals surface area contributed by atoms with E-state index in [0.717, 1.165) is 22.3 Å². The first-order valence-corrected chi connectivity index (χ1v) is 12.3. The van der Waals surface area contributed by atoms with Crippen molar-refractivity contribution < 1.29 is 13.2 Å². The van der Waals surface area contributed by atoms with Crippen LogP contribution in [0.4, 0.5) is 5.69 Å². The molecule has 1 amide bonds. The molecule has 4 aromatic rings. The molecule has 170 valence electrons. The van der Waals surface area contributed by atoms with E-state index in [2.05, 4.69) is 9.71 Å². The fraction of sp³-hybridized carbons (Fsp3) is 0.0714. The van der Waals surface area contributed by atoms with Gasteiger partial charge in [0, 0.05) is 11.1 Å². The molecule has 0 saturated carbocycles. The fourth-order valence-corrected chi connectivity index (χ4v) is 4.52. The number of hydrogen-bond donors (Lipinski definition) is 1. The first-order chi connectivity index (χ1) is 16.3. The molecule has 1 N–H and O–H groups in total. The van der Waals surface area contributed by atoms with Gasteiger partial charge in [0.2, 0.25) is 0 Å². The maximum absolute atomic E-state index is 13.3. The smallest absolute Gasteiger partial charge is 0.279 e. The number of amides is 1. The standard InChI is InChI=1S/C28H24N2O3S/c1-20-12-16-23(17-13-20)27(22-8-4-3-5-9-22)29-28(31)25-10-6-7-11-26(25)30-34(32,33)24-18-14-21(2)15-19-24/h3-19,30H,1-2H3. The number of aryl methyl sites for hydroxylation is 2. The molecule has 5 nitrogen and oxygen atoms in total. The van der Waals surface area contributed by atoms with E-state index in [4.69, 9.17) is 0 Å². The normalized spacial score (nSPS) is 11.8. The van der Waals surface area contributed by atoms with E-state index in [-0.39, 0.29) is 16.1 Å². The van der Waals surface area contributed by atoms with Crippen molar-refractivity contribution >= 4 is 27.3 Å². The van der Waals surface area contributed by atoms with Gasteiger partial charge in [-0.25, -0.2) is 13.4 Å². The Bertz CT molecular complexity index is 1440. The highest BCUT2D eigenvalue weighted by molar-refractivity contribution is 7.92. The molecule has 0 saturated heterocycles. The Morgan fingerprint density at radius 3 is 1.85 bits per heavy atom. The minimum atomic E-state index is -3.87. The Hall–Kier alpha value is -4.03. The van der Waals surface area contributed by atoms with Crippen LogP contribution >= 0.6 is 0 Å². The Kier molecular flexibility index (Phi) is 6.70. The van der Waals surface area contributed by atoms with Gasteiger partial charge in [-0.2, -0.15) is 0 Å². The number of rotatable bonds is 6. The summed E-state index contributed by atoms with van der Waals surface area (Å²) in [4.78, 5) is 17.9. The van der Waals surface area contributed by atoms with Crippen LogP contribution in [-0.2, 0) is 10.0 Å². The van der Waals surface area contributed by atoms with Gasteiger partial charge in [0.25, 0.3) is 15.9 Å². The van der Waals surface area contributed by atoms with Gasteiger partial charge in [0.05, 0.1) is 21.9 Å². The highest BCUT2D eigenvalue weighted by Crippen LogP contribution is 2.22. The number of benzene rings is 4. The Morgan fingerprint density at radius 1 is 0.676 bits per heavy atom. The average Bonchev–Trinajstić information content (AvgIpc) is 2.84. The third kappa shape index (κ3) is 5.30. The van der Waals surface area contributed by atoms with Crippen molar-refractivity contribution in [3.8, 4) is 0 Å². The van der Waals surface area contributed by atoms with Crippen LogP contribution in [0.3, 0.4) is 0 Å². The van der Waals surface area contributed by atoms with Gasteiger partial charge in [0.15, 0.2) is 0 Å². The molecule has 0 atom stereocenters. The lowest BCUT2D eigenvalue weighted by atomic mass is 10.0. The summed E-state index contributed by atoms with van der Waals surface area (Å²) in [5.41, 5.74) is 4.49. The molecule has 0 heterocycles. The third-order valence-electron chi connectivity index (χ3n) is 5.32. The van der Waals surface area contributed by atoms with Crippen molar-refractivity contribution in [2.45, 2.75) is 18.7 Å². The Morgan fingerprint density at radius 2 is 1.21 bits per heavy atom. The number of carbonyl (C=O) groups excluding carboxylic acids is 1. The predicted molar refractivity (Wildman–Crippen MR) is 136 cm³/mol. The number of hydrogen-bond acceptors (Lipinski definition) is 3. The number of carbonyl (C=O) groups is 1. The molecule has 0 bridgehead atoms. The van der Waals surface area contributed by atoms with Gasteiger partial charge in [-0.05, 0) is 38.1 Å². The average molecular weight is 469 g/mol. The molecule has 0 aromatic heterocycles. The summed E-state index contributed by atoms with van der Waals surface area (Å²) in [5.74, 6) is -0.540. The highest BCUT2D eigenvalue weighted by Gasteiger charge is 2.19. The third-order valence-corrected chi connectivity index (χ3v) is 6.70. The second kappa shape index (κ2) is 9.85. The second-order valence-electron chi connectivity index (χ2n) is 7.96. The van der Waals surface area contributed by atoms with Gasteiger partial charge in [-0.1, -0.05) is 90.0 Å². The summed E-state index contributed by atoms with van der Waals surface area (Å²) >= 11 is 0. The molecule has 4 aromatic carbocycles. The number of nitrogens with one attached hydrogen (secondary N) is 1. The number of nitrogens with zero attached hydrogens (tertiary/aromatic N) is 1. The summed E-state index contributed by atoms with van der Waals surface area (Å²) in [6.07, 6.45) is 0. The van der Waals surface area contributed by atoms with E-state index < -0.39 is 15.9 Å². The molecule has 0 radical (unpaired) electrons. The molecule has 6 heteroatoms. The van der Waals surface area contributed by atoms with Crippen LogP contribution in [0.5, 0.6) is 0 Å². The summed E-state index contributed by atoms with van der Waals surface area (Å²) in [6.45, 7) is 3.87. The quantitative estimate of drug-likeness (QED) is 0.364. The van der Waals surface area contributed by atoms with Gasteiger partial charge in [-0.3, -0.25) is 9.52 Å². The van der Waals surface area contributed by atoms with Crippen LogP contribution in [0.1, 0.15) is 32.6 Å². The number of sulfonamides is 1. The summed E-state index contributed by atoms with van der Waals surface area (Å²) in [5, 5.41) is 0. The molecule has 0 aliphatic carbocycles. The summed E-state index contributed by atoms with van der Waals surface area (Å²) in [6, 6.07) is 30.2. The molecule has 34 heavy (non-hydrogen) atoms. The monoisotopic (exact) mass is 468 g/mol. The minimum absolute atomic E-state index is 0.119. The zero-order valence-corrected chi connectivity index (χ0v) is 19.7. The SMILES string of the molecule is Cc1ccc(C(=NC(=O)c2ccccc2NS(=O)(=O)c2ccc(C)cc2)c2ccccc2)cc1. The van der Waals surface area contributed by atoms with Crippen LogP contribution in [-0.4, -0.2) is 20.0 Å². The van der Waals surface area contributed by atoms with E-state index in [0.29, 0.717) is 5.71 Å². The van der Waals surface area contributed by atoms with E-state index in [1.807, 2.05) is 68.4 Å². The molecule has 0 fully saturated rings. The second-order valence-corrected chi connectivity index (χ2v) is 9.64. The van der Waals surface area contributed by atoms with Gasteiger partial charge >= 0.3 is 0 Å². The first kappa shape index (κ1) is 23.1. The molecule has 4 rings (SSSR count). The van der Waals surface area contributed by atoms with Crippen molar-refractivity contribution in [1.29, 1.82) is 0 Å². The Labute approximate surface area is 199 Å². The summed E-state index contributed by atoms with van der Waals surface area (Å²) < 4.78 is 28.4. The molecule has 0 spiro atoms. The predicted octanol–water partition coefficient (Wildman–Crippen LogP) is 5.78. The van der Waals surface area contributed by atoms with Crippen LogP contribution in [0.2, 0.25) is 0 Å². The summed E-state index contributed by atoms with van der Waals surface area (Å²) in [7, 11) is -3.87. The molecule has 0 unspecified atom stereocenters. The molecular weight excluding hydrogens is 444 g/mol. The van der Waals surface area contributed by atoms with E-state index in [1.165, 1.54) is 12.1 Å². The van der Waals surface area contributed by atoms with Crippen LogP contribution in [0, 0.1) is 13.8 Å². The van der Waals surface area contributed by atoms with Gasteiger partial charge in [-0.15, -0.1) is 0 Å². The van der Waals surface area contributed by atoms with Crippen molar-refractivity contribution in [2.24, 2.45) is 4.99 Å². The van der Waals surface area contributed by atoms with Gasteiger partial charge in [0.1, 0.15) is 0 Å². The largest absolute Gasteiger partial charge is 0.279 e. The van der Waals surface area contributed by atoms with Crippen LogP contribution in [0.25, 0.3) is 0 Å². The van der Waals surface area contributed by atoms with Crippen molar-refractivity contribution in [2.75, 3.05) is 4.72 Å². The van der Waals surface area contributed by atoms with Crippen LogP contribution < -0.4 is 4.72 Å². The van der Waals surface area contributed by atoms with Crippen LogP contribution in [0.15, 0.2) is 113 Å². The van der Waals surface area contributed by atoms with E-state index in [1.54, 1.807) is 36.4 Å². The molecular formula is C28H24N2O3S. The van der Waals surface area contributed by atoms with E-state index >= 15 is 0 Å². The fourth-order valence-electron chi connectivity index (χ4n) is 3.44. The highest BCUT2D eigenvalue weighted by atomic mass is 32.2. The number of para-hydroxylation sites is 1. The van der Waals surface area contributed by atoms with E-state index in [9.17, 15) is 13.2 Å². The minimum Gasteiger partial charge on any atom is -0.279 e. The zero-order chi connectivity index (χ0) is 24.1. The molecule has 0 aliphatic heterocycles. The first-order valence-electron chi connectivity index (χ1n) is 10.8. The lowest BCUT2D eigenvalue weighted by Gasteiger charge is -2.12. The van der Waals surface area contributed by atoms with Crippen molar-refractivity contribution in [3.05, 3.63) is 131 Å². The lowest BCUT2D eigenvalue weighted by molar-refractivity contribution is 0.100. The number of aliphatic imine (C=N–C) groups is 1. The zero-order valence-electron chi connectivity index (χ0n) is 18.9. The lowest BCUT2D eigenvalue weighted by Crippen LogP contribution is -2.16.